The van der Waals surface area contributed by atoms with Crippen LogP contribution in [-0.4, -0.2) is 20.1 Å². The van der Waals surface area contributed by atoms with E-state index in [1.807, 2.05) is 26.0 Å². The molecule has 1 amide bonds. The Morgan fingerprint density at radius 1 is 1.04 bits per heavy atom. The molecule has 0 aromatic heterocycles. The highest BCUT2D eigenvalue weighted by atomic mass is 16.5. The van der Waals surface area contributed by atoms with Gasteiger partial charge in [-0.25, -0.2) is 0 Å². The van der Waals surface area contributed by atoms with Crippen LogP contribution in [-0.2, 0) is 4.79 Å². The molecule has 5 heteroatoms. The molecule has 0 radical (unpaired) electrons. The van der Waals surface area contributed by atoms with Crippen molar-refractivity contribution >= 4 is 11.6 Å². The van der Waals surface area contributed by atoms with Crippen LogP contribution in [0.15, 0.2) is 42.5 Å². The number of amides is 1. The molecule has 0 aliphatic heterocycles. The SMILES string of the molecule is COc1ccc(C(C(=O)Nc2ccc(C#N)cc2)C(C)C)cc1OC. The molecule has 0 bridgehead atoms. The minimum atomic E-state index is -0.338. The van der Waals surface area contributed by atoms with Crippen LogP contribution >= 0.6 is 0 Å². The van der Waals surface area contributed by atoms with E-state index in [0.29, 0.717) is 22.7 Å². The van der Waals surface area contributed by atoms with Crippen LogP contribution < -0.4 is 14.8 Å². The van der Waals surface area contributed by atoms with Crippen molar-refractivity contribution in [2.75, 3.05) is 19.5 Å². The fourth-order valence-corrected chi connectivity index (χ4v) is 2.73. The number of methoxy groups -OCH3 is 2. The lowest BCUT2D eigenvalue weighted by Gasteiger charge is -2.22. The van der Waals surface area contributed by atoms with Crippen molar-refractivity contribution in [1.82, 2.24) is 0 Å². The van der Waals surface area contributed by atoms with Gasteiger partial charge in [0, 0.05) is 5.69 Å². The number of nitriles is 1. The third-order valence-electron chi connectivity index (χ3n) is 4.00. The van der Waals surface area contributed by atoms with Crippen LogP contribution in [0.4, 0.5) is 5.69 Å². The molecule has 0 saturated heterocycles. The van der Waals surface area contributed by atoms with Crippen LogP contribution in [0.1, 0.15) is 30.9 Å². The summed E-state index contributed by atoms with van der Waals surface area (Å²) in [6.07, 6.45) is 0. The van der Waals surface area contributed by atoms with Crippen molar-refractivity contribution in [3.8, 4) is 17.6 Å². The number of nitrogens with zero attached hydrogens (tertiary/aromatic N) is 1. The molecule has 1 unspecified atom stereocenters. The first-order valence-corrected chi connectivity index (χ1v) is 8.03. The number of carbonyl (C=O) groups is 1. The number of hydrogen-bond donors (Lipinski definition) is 1. The number of benzene rings is 2. The molecule has 2 aromatic carbocycles. The molecule has 2 rings (SSSR count). The zero-order valence-electron chi connectivity index (χ0n) is 14.9. The normalized spacial score (nSPS) is 11.5. The summed E-state index contributed by atoms with van der Waals surface area (Å²) in [5, 5.41) is 11.8. The quantitative estimate of drug-likeness (QED) is 0.865. The molecule has 1 atom stereocenters. The van der Waals surface area contributed by atoms with Crippen molar-refractivity contribution in [3.05, 3.63) is 53.6 Å². The monoisotopic (exact) mass is 338 g/mol. The van der Waals surface area contributed by atoms with E-state index in [0.717, 1.165) is 5.56 Å². The summed E-state index contributed by atoms with van der Waals surface area (Å²) in [4.78, 5) is 12.8. The summed E-state index contributed by atoms with van der Waals surface area (Å²) in [5.74, 6) is 0.872. The number of carbonyl (C=O) groups excluding carboxylic acids is 1. The van der Waals surface area contributed by atoms with Gasteiger partial charge >= 0.3 is 0 Å². The highest BCUT2D eigenvalue weighted by Crippen LogP contribution is 2.34. The average Bonchev–Trinajstić information content (AvgIpc) is 2.62. The third kappa shape index (κ3) is 4.30. The predicted molar refractivity (Wildman–Crippen MR) is 96.9 cm³/mol. The first-order chi connectivity index (χ1) is 12.0. The summed E-state index contributed by atoms with van der Waals surface area (Å²) in [5.41, 5.74) is 2.08. The van der Waals surface area contributed by atoms with Crippen molar-refractivity contribution in [2.45, 2.75) is 19.8 Å². The maximum Gasteiger partial charge on any atom is 0.232 e. The van der Waals surface area contributed by atoms with E-state index in [9.17, 15) is 4.79 Å². The number of nitrogens with one attached hydrogen (secondary N) is 1. The highest BCUT2D eigenvalue weighted by Gasteiger charge is 2.25. The van der Waals surface area contributed by atoms with Crippen LogP contribution in [0.3, 0.4) is 0 Å². The van der Waals surface area contributed by atoms with Crippen LogP contribution in [0.5, 0.6) is 11.5 Å². The van der Waals surface area contributed by atoms with Gasteiger partial charge in [-0.2, -0.15) is 5.26 Å². The van der Waals surface area contributed by atoms with Gasteiger partial charge in [-0.1, -0.05) is 19.9 Å². The van der Waals surface area contributed by atoms with E-state index in [-0.39, 0.29) is 17.7 Å². The Bertz CT molecular complexity index is 777. The lowest BCUT2D eigenvalue weighted by molar-refractivity contribution is -0.118. The van der Waals surface area contributed by atoms with E-state index in [4.69, 9.17) is 14.7 Å². The zero-order chi connectivity index (χ0) is 18.4. The van der Waals surface area contributed by atoms with Crippen molar-refractivity contribution in [3.63, 3.8) is 0 Å². The van der Waals surface area contributed by atoms with E-state index < -0.39 is 0 Å². The lowest BCUT2D eigenvalue weighted by Crippen LogP contribution is -2.25. The molecular weight excluding hydrogens is 316 g/mol. The van der Waals surface area contributed by atoms with Crippen molar-refractivity contribution < 1.29 is 14.3 Å². The Morgan fingerprint density at radius 2 is 1.68 bits per heavy atom. The first-order valence-electron chi connectivity index (χ1n) is 8.03. The van der Waals surface area contributed by atoms with Crippen molar-refractivity contribution in [2.24, 2.45) is 5.92 Å². The number of rotatable bonds is 6. The van der Waals surface area contributed by atoms with Gasteiger partial charge in [0.15, 0.2) is 11.5 Å². The van der Waals surface area contributed by atoms with Gasteiger partial charge in [0.25, 0.3) is 0 Å². The van der Waals surface area contributed by atoms with Crippen LogP contribution in [0, 0.1) is 17.2 Å². The molecule has 0 heterocycles. The standard InChI is InChI=1S/C20H22N2O3/c1-13(2)19(15-7-10-17(24-3)18(11-15)25-4)20(23)22-16-8-5-14(12-21)6-9-16/h5-11,13,19H,1-4H3,(H,22,23). The first kappa shape index (κ1) is 18.3. The smallest absolute Gasteiger partial charge is 0.232 e. The molecule has 0 aliphatic rings. The Kier molecular flexibility index (Phi) is 6.02. The molecule has 5 nitrogen and oxygen atoms in total. The lowest BCUT2D eigenvalue weighted by atomic mass is 9.87. The Hall–Kier alpha value is -3.00. The molecule has 0 saturated carbocycles. The van der Waals surface area contributed by atoms with Gasteiger partial charge in [-0.3, -0.25) is 4.79 Å². The van der Waals surface area contributed by atoms with E-state index in [1.165, 1.54) is 0 Å². The minimum Gasteiger partial charge on any atom is -0.493 e. The van der Waals surface area contributed by atoms with Gasteiger partial charge in [0.1, 0.15) is 0 Å². The van der Waals surface area contributed by atoms with Crippen molar-refractivity contribution in [1.29, 1.82) is 5.26 Å². The summed E-state index contributed by atoms with van der Waals surface area (Å²) in [6.45, 7) is 4.00. The van der Waals surface area contributed by atoms with Crippen LogP contribution in [0.25, 0.3) is 0 Å². The predicted octanol–water partition coefficient (Wildman–Crippen LogP) is 3.95. The Morgan fingerprint density at radius 3 is 2.20 bits per heavy atom. The summed E-state index contributed by atoms with van der Waals surface area (Å²) >= 11 is 0. The van der Waals surface area contributed by atoms with Gasteiger partial charge in [0.05, 0.1) is 31.8 Å². The average molecular weight is 338 g/mol. The van der Waals surface area contributed by atoms with E-state index in [2.05, 4.69) is 11.4 Å². The topological polar surface area (TPSA) is 71.3 Å². The second kappa shape index (κ2) is 8.20. The molecule has 0 fully saturated rings. The van der Waals surface area contributed by atoms with Gasteiger partial charge in [-0.05, 0) is 47.9 Å². The highest BCUT2D eigenvalue weighted by molar-refractivity contribution is 5.96. The molecule has 2 aromatic rings. The van der Waals surface area contributed by atoms with E-state index in [1.54, 1.807) is 44.6 Å². The molecule has 1 N–H and O–H groups in total. The molecular formula is C20H22N2O3. The maximum absolute atomic E-state index is 12.8. The molecule has 130 valence electrons. The molecule has 25 heavy (non-hydrogen) atoms. The second-order valence-electron chi connectivity index (χ2n) is 6.01. The Balaban J connectivity index is 2.27. The number of hydrogen-bond acceptors (Lipinski definition) is 4. The van der Waals surface area contributed by atoms with E-state index >= 15 is 0 Å². The van der Waals surface area contributed by atoms with Gasteiger partial charge < -0.3 is 14.8 Å². The van der Waals surface area contributed by atoms with Gasteiger partial charge in [-0.15, -0.1) is 0 Å². The fourth-order valence-electron chi connectivity index (χ4n) is 2.73. The summed E-state index contributed by atoms with van der Waals surface area (Å²) in [6, 6.07) is 14.4. The number of ether oxygens (including phenoxy) is 2. The molecule has 0 spiro atoms. The third-order valence-corrected chi connectivity index (χ3v) is 4.00. The zero-order valence-corrected chi connectivity index (χ0v) is 14.9. The maximum atomic E-state index is 12.8. The minimum absolute atomic E-state index is 0.0940. The summed E-state index contributed by atoms with van der Waals surface area (Å²) in [7, 11) is 3.15. The second-order valence-corrected chi connectivity index (χ2v) is 6.01. The summed E-state index contributed by atoms with van der Waals surface area (Å²) < 4.78 is 10.6. The molecule has 0 aliphatic carbocycles. The Labute approximate surface area is 148 Å². The largest absolute Gasteiger partial charge is 0.493 e. The fraction of sp³-hybridized carbons (Fsp3) is 0.300. The van der Waals surface area contributed by atoms with Gasteiger partial charge in [0.2, 0.25) is 5.91 Å². The van der Waals surface area contributed by atoms with Crippen LogP contribution in [0.2, 0.25) is 0 Å². The number of anilines is 1.